The van der Waals surface area contributed by atoms with Gasteiger partial charge < -0.3 is 17.1 Å². The average Bonchev–Trinajstić information content (AvgIpc) is 2.53. The fourth-order valence-electron chi connectivity index (χ4n) is 2.18. The summed E-state index contributed by atoms with van der Waals surface area (Å²) in [5.41, 5.74) is 6.82. The highest BCUT2D eigenvalue weighted by Gasteiger charge is 2.50. The minimum Gasteiger partial charge on any atom is -0.413 e. The highest BCUT2D eigenvalue weighted by molar-refractivity contribution is 6.93. The van der Waals surface area contributed by atoms with Gasteiger partial charge >= 0.3 is 8.80 Å². The Balaban J connectivity index is 5.67. The van der Waals surface area contributed by atoms with Gasteiger partial charge in [-0.1, -0.05) is 29.2 Å². The van der Waals surface area contributed by atoms with Crippen LogP contribution in [0.2, 0.25) is 45.3 Å². The van der Waals surface area contributed by atoms with Crippen LogP contribution in [0.25, 0.3) is 0 Å². The van der Waals surface area contributed by atoms with Crippen LogP contribution in [-0.4, -0.2) is 47.0 Å². The molecule has 0 spiro atoms. The second kappa shape index (κ2) is 11.0. The van der Waals surface area contributed by atoms with Gasteiger partial charge in [0.25, 0.3) is 0 Å². The summed E-state index contributed by atoms with van der Waals surface area (Å²) in [6.07, 6.45) is 0.810. The van der Waals surface area contributed by atoms with Crippen molar-refractivity contribution in [3.8, 4) is 0 Å². The molecule has 8 heteroatoms. The molecule has 0 saturated carbocycles. The molecule has 0 aromatic heterocycles. The molecule has 0 aliphatic rings. The predicted molar refractivity (Wildman–Crippen MR) is 127 cm³/mol. The van der Waals surface area contributed by atoms with Crippen molar-refractivity contribution in [1.82, 2.24) is 0 Å². The quantitative estimate of drug-likeness (QED) is 0.183. The number of ether oxygens (including phenoxy) is 1. The van der Waals surface area contributed by atoms with Crippen molar-refractivity contribution in [3.05, 3.63) is 49.0 Å². The maximum absolute atomic E-state index is 6.69. The second-order valence-corrected chi connectivity index (χ2v) is 23.7. The third-order valence-corrected chi connectivity index (χ3v) is 17.8. The molecule has 0 aromatic carbocycles. The normalized spacial score (nSPS) is 13.3. The van der Waals surface area contributed by atoms with Crippen LogP contribution in [0.5, 0.6) is 0 Å². The van der Waals surface area contributed by atoms with Gasteiger partial charge in [-0.2, -0.15) is 0 Å². The van der Waals surface area contributed by atoms with Gasteiger partial charge in [0.05, 0.1) is 6.61 Å². The maximum Gasteiger partial charge on any atom is 0.470 e. The van der Waals surface area contributed by atoms with Gasteiger partial charge in [-0.05, 0) is 52.6 Å². The van der Waals surface area contributed by atoms with E-state index in [2.05, 4.69) is 65.6 Å². The van der Waals surface area contributed by atoms with Crippen LogP contribution in [0.3, 0.4) is 0 Å². The first-order valence-corrected chi connectivity index (χ1v) is 20.3. The van der Waals surface area contributed by atoms with Crippen LogP contribution in [0.1, 0.15) is 13.3 Å². The minimum absolute atomic E-state index is 0.573. The van der Waals surface area contributed by atoms with E-state index >= 15 is 0 Å². The van der Waals surface area contributed by atoms with Crippen LogP contribution in [-0.2, 0) is 17.1 Å². The molecular formula is C19H40O4Si4. The van der Waals surface area contributed by atoms with E-state index in [4.69, 9.17) is 17.1 Å². The van der Waals surface area contributed by atoms with E-state index in [9.17, 15) is 0 Å². The summed E-state index contributed by atoms with van der Waals surface area (Å²) in [4.78, 5) is 0. The summed E-state index contributed by atoms with van der Waals surface area (Å²) < 4.78 is 25.8. The lowest BCUT2D eigenvalue weighted by atomic mass is 10.4. The van der Waals surface area contributed by atoms with E-state index < -0.39 is 33.8 Å². The van der Waals surface area contributed by atoms with E-state index in [1.807, 2.05) is 24.0 Å². The van der Waals surface area contributed by atoms with Crippen molar-refractivity contribution in [2.75, 3.05) is 13.2 Å². The molecule has 156 valence electrons. The zero-order valence-electron chi connectivity index (χ0n) is 18.5. The van der Waals surface area contributed by atoms with Crippen molar-refractivity contribution >= 4 is 33.8 Å². The van der Waals surface area contributed by atoms with E-state index in [-0.39, 0.29) is 0 Å². The molecule has 0 N–H and O–H groups in total. The zero-order chi connectivity index (χ0) is 21.4. The molecule has 0 aliphatic heterocycles. The smallest absolute Gasteiger partial charge is 0.413 e. The van der Waals surface area contributed by atoms with Crippen molar-refractivity contribution in [2.45, 2.75) is 58.7 Å². The fourth-order valence-corrected chi connectivity index (χ4v) is 16.2. The first-order valence-electron chi connectivity index (χ1n) is 9.45. The summed E-state index contributed by atoms with van der Waals surface area (Å²) in [5.74, 6) is 0. The van der Waals surface area contributed by atoms with E-state index in [1.54, 1.807) is 0 Å². The Morgan fingerprint density at radius 1 is 0.778 bits per heavy atom. The topological polar surface area (TPSA) is 36.9 Å². The Bertz CT molecular complexity index is 475. The Hall–Kier alpha value is -0.332. The molecule has 0 bridgehead atoms. The molecule has 0 atom stereocenters. The van der Waals surface area contributed by atoms with Crippen LogP contribution in [0.15, 0.2) is 49.0 Å². The van der Waals surface area contributed by atoms with Crippen LogP contribution < -0.4 is 0 Å². The van der Waals surface area contributed by atoms with Crippen LogP contribution in [0.4, 0.5) is 0 Å². The lowest BCUT2D eigenvalue weighted by molar-refractivity contribution is 0.151. The first-order chi connectivity index (χ1) is 12.2. The van der Waals surface area contributed by atoms with Crippen LogP contribution in [0, 0.1) is 0 Å². The molecule has 0 fully saturated rings. The molecular weight excluding hydrogens is 405 g/mol. The van der Waals surface area contributed by atoms with Gasteiger partial charge in [0, 0.05) is 12.7 Å². The molecule has 0 aromatic rings. The van der Waals surface area contributed by atoms with E-state index in [1.165, 1.54) is 0 Å². The third kappa shape index (κ3) is 11.3. The fraction of sp³-hybridized carbons (Fsp3) is 0.579. The van der Waals surface area contributed by atoms with Gasteiger partial charge in [-0.3, -0.25) is 0 Å². The highest BCUT2D eigenvalue weighted by atomic mass is 28.5. The Labute approximate surface area is 171 Å². The van der Waals surface area contributed by atoms with Crippen molar-refractivity contribution in [3.63, 3.8) is 0 Å². The van der Waals surface area contributed by atoms with Gasteiger partial charge in [0.15, 0.2) is 0 Å². The summed E-state index contributed by atoms with van der Waals surface area (Å²) >= 11 is 0. The standard InChI is InChI=1S/C19H40O4Si4/c1-12-24(6,7)21-27(22-25(8,9)13-2,23-26(10,11)14-3)17-15-16-20-18-19(4)5/h12-14H,1-4,15-18H2,5-11H3. The molecule has 0 heterocycles. The average molecular weight is 445 g/mol. The molecule has 0 amide bonds. The highest BCUT2D eigenvalue weighted by Crippen LogP contribution is 2.30. The monoisotopic (exact) mass is 444 g/mol. The summed E-state index contributed by atoms with van der Waals surface area (Å²) in [7, 11) is -9.36. The number of hydrogen-bond donors (Lipinski definition) is 0. The minimum atomic E-state index is -2.97. The zero-order valence-corrected chi connectivity index (χ0v) is 22.5. The lowest BCUT2D eigenvalue weighted by Gasteiger charge is -2.43. The Morgan fingerprint density at radius 2 is 1.15 bits per heavy atom. The van der Waals surface area contributed by atoms with Gasteiger partial charge in [0.1, 0.15) is 0 Å². The summed E-state index contributed by atoms with van der Waals surface area (Å²) in [5, 5.41) is 0. The SMILES string of the molecule is C=C[Si](C)(C)O[Si](CCCOCC(=C)C)(O[Si](C)(C)C=C)O[Si](C)(C)C=C. The van der Waals surface area contributed by atoms with E-state index in [0.29, 0.717) is 19.3 Å². The van der Waals surface area contributed by atoms with Crippen molar-refractivity contribution in [2.24, 2.45) is 0 Å². The van der Waals surface area contributed by atoms with E-state index in [0.717, 1.165) is 12.0 Å². The summed E-state index contributed by atoms with van der Waals surface area (Å²) in [6.45, 7) is 31.7. The third-order valence-electron chi connectivity index (χ3n) is 3.85. The lowest BCUT2D eigenvalue weighted by Crippen LogP contribution is -2.61. The molecule has 0 rings (SSSR count). The summed E-state index contributed by atoms with van der Waals surface area (Å²) in [6, 6.07) is 0.710. The van der Waals surface area contributed by atoms with Crippen molar-refractivity contribution < 1.29 is 17.1 Å². The Morgan fingerprint density at radius 3 is 1.44 bits per heavy atom. The van der Waals surface area contributed by atoms with Gasteiger partial charge in [0.2, 0.25) is 25.0 Å². The van der Waals surface area contributed by atoms with Crippen molar-refractivity contribution in [1.29, 1.82) is 0 Å². The Kier molecular flexibility index (Phi) is 10.9. The van der Waals surface area contributed by atoms with Gasteiger partial charge in [-0.25, -0.2) is 0 Å². The molecule has 0 unspecified atom stereocenters. The first kappa shape index (κ1) is 26.7. The number of hydrogen-bond acceptors (Lipinski definition) is 4. The largest absolute Gasteiger partial charge is 0.470 e. The van der Waals surface area contributed by atoms with Gasteiger partial charge in [-0.15, -0.1) is 19.7 Å². The maximum atomic E-state index is 6.69. The van der Waals surface area contributed by atoms with Crippen LogP contribution >= 0.6 is 0 Å². The second-order valence-electron chi connectivity index (χ2n) is 8.53. The molecule has 4 nitrogen and oxygen atoms in total. The molecule has 0 saturated heterocycles. The number of rotatable bonds is 15. The predicted octanol–water partition coefficient (Wildman–Crippen LogP) is 5.75. The molecule has 27 heavy (non-hydrogen) atoms. The molecule has 0 radical (unpaired) electrons. The molecule has 0 aliphatic carbocycles.